The number of benzene rings is 1. The van der Waals surface area contributed by atoms with Crippen molar-refractivity contribution in [3.8, 4) is 0 Å². The van der Waals surface area contributed by atoms with Gasteiger partial charge in [0.15, 0.2) is 0 Å². The van der Waals surface area contributed by atoms with Crippen LogP contribution in [0.1, 0.15) is 10.4 Å². The zero-order valence-electron chi connectivity index (χ0n) is 10.5. The molecule has 0 fully saturated rings. The normalized spacial score (nSPS) is 9.90. The predicted octanol–water partition coefficient (Wildman–Crippen LogP) is 3.78. The molecule has 0 unspecified atom stereocenters. The Morgan fingerprint density at radius 3 is 2.50 bits per heavy atom. The number of rotatable bonds is 3. The third-order valence-electron chi connectivity index (χ3n) is 2.38. The number of amides is 2. The Kier molecular flexibility index (Phi) is 4.96. The zero-order valence-corrected chi connectivity index (χ0v) is 13.4. The maximum absolute atomic E-state index is 12.0. The first-order valence-electron chi connectivity index (χ1n) is 5.59. The molecule has 20 heavy (non-hydrogen) atoms. The summed E-state index contributed by atoms with van der Waals surface area (Å²) in [6.45, 7) is 0. The highest BCUT2D eigenvalue weighted by molar-refractivity contribution is 14.1. The fourth-order valence-corrected chi connectivity index (χ4v) is 2.80. The molecule has 0 aliphatic heterocycles. The molecule has 2 N–H and O–H groups in total. The number of carbonyl (C=O) groups is 2. The maximum atomic E-state index is 12.0. The minimum absolute atomic E-state index is 0.181. The summed E-state index contributed by atoms with van der Waals surface area (Å²) >= 11 is 3.67. The van der Waals surface area contributed by atoms with Crippen molar-refractivity contribution in [1.29, 1.82) is 0 Å². The first kappa shape index (κ1) is 14.8. The van der Waals surface area contributed by atoms with Crippen LogP contribution in [0.5, 0.6) is 0 Å². The summed E-state index contributed by atoms with van der Waals surface area (Å²) in [5.41, 5.74) is 1.77. The van der Waals surface area contributed by atoms with E-state index in [9.17, 15) is 9.59 Å². The molecular formula is C13H11IN2O3S. The molecule has 104 valence electrons. The molecule has 7 heteroatoms. The van der Waals surface area contributed by atoms with Gasteiger partial charge in [0.1, 0.15) is 0 Å². The summed E-state index contributed by atoms with van der Waals surface area (Å²) < 4.78 is 5.56. The van der Waals surface area contributed by atoms with Gasteiger partial charge in [-0.05, 0) is 46.9 Å². The highest BCUT2D eigenvalue weighted by Gasteiger charge is 2.09. The van der Waals surface area contributed by atoms with Crippen molar-refractivity contribution in [2.45, 2.75) is 0 Å². The highest BCUT2D eigenvalue weighted by atomic mass is 127. The number of ether oxygens (including phenoxy) is 1. The Labute approximate surface area is 133 Å². The lowest BCUT2D eigenvalue weighted by Gasteiger charge is -2.07. The number of carbonyl (C=O) groups excluding carboxylic acids is 2. The first-order chi connectivity index (χ1) is 9.58. The van der Waals surface area contributed by atoms with Crippen molar-refractivity contribution in [2.75, 3.05) is 17.7 Å². The molecule has 0 bridgehead atoms. The minimum Gasteiger partial charge on any atom is -0.453 e. The van der Waals surface area contributed by atoms with Gasteiger partial charge in [0.2, 0.25) is 0 Å². The lowest BCUT2D eigenvalue weighted by Crippen LogP contribution is -2.13. The molecule has 0 radical (unpaired) electrons. The van der Waals surface area contributed by atoms with Gasteiger partial charge < -0.3 is 10.1 Å². The Hall–Kier alpha value is -1.61. The lowest BCUT2D eigenvalue weighted by atomic mass is 10.2. The molecule has 0 aliphatic rings. The molecule has 1 heterocycles. The van der Waals surface area contributed by atoms with Gasteiger partial charge in [-0.25, -0.2) is 4.79 Å². The number of thiophene rings is 1. The van der Waals surface area contributed by atoms with E-state index in [2.05, 4.69) is 38.0 Å². The molecular weight excluding hydrogens is 391 g/mol. The van der Waals surface area contributed by atoms with E-state index in [-0.39, 0.29) is 5.91 Å². The molecule has 0 atom stereocenters. The zero-order chi connectivity index (χ0) is 14.5. The average Bonchev–Trinajstić information content (AvgIpc) is 2.86. The molecule has 0 aliphatic carbocycles. The van der Waals surface area contributed by atoms with Crippen molar-refractivity contribution in [2.24, 2.45) is 0 Å². The van der Waals surface area contributed by atoms with Gasteiger partial charge in [0.05, 0.1) is 15.6 Å². The van der Waals surface area contributed by atoms with Crippen LogP contribution < -0.4 is 10.6 Å². The third-order valence-corrected chi connectivity index (χ3v) is 4.17. The molecule has 2 amide bonds. The van der Waals surface area contributed by atoms with Crippen molar-refractivity contribution < 1.29 is 14.3 Å². The van der Waals surface area contributed by atoms with Crippen LogP contribution in [0.15, 0.2) is 35.7 Å². The quantitative estimate of drug-likeness (QED) is 0.768. The van der Waals surface area contributed by atoms with Gasteiger partial charge in [0.25, 0.3) is 5.91 Å². The van der Waals surface area contributed by atoms with Gasteiger partial charge in [-0.1, -0.05) is 6.07 Å². The number of hydrogen-bond acceptors (Lipinski definition) is 4. The summed E-state index contributed by atoms with van der Waals surface area (Å²) in [5, 5.41) is 7.11. The van der Waals surface area contributed by atoms with Crippen molar-refractivity contribution in [1.82, 2.24) is 0 Å². The maximum Gasteiger partial charge on any atom is 0.411 e. The van der Waals surface area contributed by atoms with Crippen LogP contribution in [0.4, 0.5) is 16.2 Å². The topological polar surface area (TPSA) is 67.4 Å². The second kappa shape index (κ2) is 6.71. The van der Waals surface area contributed by atoms with Gasteiger partial charge in [0, 0.05) is 16.8 Å². The molecule has 2 rings (SSSR count). The molecule has 5 nitrogen and oxygen atoms in total. The smallest absolute Gasteiger partial charge is 0.411 e. The van der Waals surface area contributed by atoms with Gasteiger partial charge in [-0.15, -0.1) is 11.3 Å². The first-order valence-corrected chi connectivity index (χ1v) is 7.55. The molecule has 1 aromatic carbocycles. The minimum atomic E-state index is -0.555. The molecule has 0 saturated heterocycles. The summed E-state index contributed by atoms with van der Waals surface area (Å²) in [4.78, 5) is 23.1. The van der Waals surface area contributed by atoms with E-state index in [0.29, 0.717) is 16.9 Å². The standard InChI is InChI=1S/C13H11IN2O3S/c1-19-13(18)16-10-4-2-3-9(6-10)15-12(17)8-5-11(14)20-7-8/h2-7H,1H3,(H,15,17)(H,16,18). The van der Waals surface area contributed by atoms with Crippen LogP contribution in [0.3, 0.4) is 0 Å². The van der Waals surface area contributed by atoms with Crippen molar-refractivity contribution in [3.05, 3.63) is 44.2 Å². The van der Waals surface area contributed by atoms with Crippen LogP contribution >= 0.6 is 33.9 Å². The van der Waals surface area contributed by atoms with Crippen LogP contribution in [0, 0.1) is 2.88 Å². The van der Waals surface area contributed by atoms with E-state index in [1.54, 1.807) is 29.6 Å². The van der Waals surface area contributed by atoms with E-state index >= 15 is 0 Å². The summed E-state index contributed by atoms with van der Waals surface area (Å²) in [6, 6.07) is 8.67. The number of halogens is 1. The van der Waals surface area contributed by atoms with E-state index in [4.69, 9.17) is 0 Å². The Morgan fingerprint density at radius 1 is 1.20 bits per heavy atom. The third kappa shape index (κ3) is 3.94. The van der Waals surface area contributed by atoms with Gasteiger partial charge in [-0.3, -0.25) is 10.1 Å². The monoisotopic (exact) mass is 402 g/mol. The fraction of sp³-hybridized carbons (Fsp3) is 0.0769. The van der Waals surface area contributed by atoms with E-state index in [1.165, 1.54) is 18.4 Å². The van der Waals surface area contributed by atoms with Gasteiger partial charge in [-0.2, -0.15) is 0 Å². The van der Waals surface area contributed by atoms with Crippen molar-refractivity contribution in [3.63, 3.8) is 0 Å². The molecule has 0 spiro atoms. The Bertz CT molecular complexity index is 642. The second-order valence-electron chi connectivity index (χ2n) is 3.79. The number of nitrogens with one attached hydrogen (secondary N) is 2. The number of hydrogen-bond donors (Lipinski definition) is 2. The predicted molar refractivity (Wildman–Crippen MR) is 87.5 cm³/mol. The van der Waals surface area contributed by atoms with Crippen molar-refractivity contribution >= 4 is 57.3 Å². The van der Waals surface area contributed by atoms with Crippen LogP contribution in [-0.4, -0.2) is 19.1 Å². The van der Waals surface area contributed by atoms with E-state index in [1.807, 2.05) is 6.07 Å². The van der Waals surface area contributed by atoms with Crippen LogP contribution in [0.2, 0.25) is 0 Å². The average molecular weight is 402 g/mol. The molecule has 2 aromatic rings. The highest BCUT2D eigenvalue weighted by Crippen LogP contribution is 2.19. The summed E-state index contributed by atoms with van der Waals surface area (Å²) in [5.74, 6) is -0.181. The summed E-state index contributed by atoms with van der Waals surface area (Å²) in [6.07, 6.45) is -0.555. The fourth-order valence-electron chi connectivity index (χ4n) is 1.48. The Morgan fingerprint density at radius 2 is 1.90 bits per heavy atom. The molecule has 1 aromatic heterocycles. The van der Waals surface area contributed by atoms with Gasteiger partial charge >= 0.3 is 6.09 Å². The lowest BCUT2D eigenvalue weighted by molar-refractivity contribution is 0.102. The van der Waals surface area contributed by atoms with Crippen LogP contribution in [-0.2, 0) is 4.74 Å². The van der Waals surface area contributed by atoms with E-state index in [0.717, 1.165) is 2.88 Å². The Balaban J connectivity index is 2.08. The summed E-state index contributed by atoms with van der Waals surface area (Å²) in [7, 11) is 1.29. The molecule has 0 saturated carbocycles. The second-order valence-corrected chi connectivity index (χ2v) is 6.60. The van der Waals surface area contributed by atoms with E-state index < -0.39 is 6.09 Å². The largest absolute Gasteiger partial charge is 0.453 e. The number of anilines is 2. The number of methoxy groups -OCH3 is 1. The van der Waals surface area contributed by atoms with Crippen LogP contribution in [0.25, 0.3) is 0 Å². The SMILES string of the molecule is COC(=O)Nc1cccc(NC(=O)c2csc(I)c2)c1.